The highest BCUT2D eigenvalue weighted by molar-refractivity contribution is 5.76. The Kier molecular flexibility index (Phi) is 17.7. The third kappa shape index (κ3) is 14.9. The molecule has 1 aromatic rings. The SMILES string of the molecule is CCCC(C)OC(=O)Oc1ccc(C[C@H](NCCOC(=O)OCC(C)CC)C(=O)OC)cc1OC(=O)OC(C)CCC. The molecule has 12 nitrogen and oxygen atoms in total. The Morgan fingerprint density at radius 1 is 0.810 bits per heavy atom. The fraction of sp³-hybridized carbons (Fsp3) is 0.667. The van der Waals surface area contributed by atoms with Crippen molar-refractivity contribution in [2.45, 2.75) is 98.3 Å². The monoisotopic (exact) mass is 597 g/mol. The van der Waals surface area contributed by atoms with Gasteiger partial charge < -0.3 is 38.5 Å². The van der Waals surface area contributed by atoms with Crippen LogP contribution in [-0.4, -0.2) is 69.6 Å². The third-order valence-corrected chi connectivity index (χ3v) is 6.20. The van der Waals surface area contributed by atoms with Crippen LogP contribution in [0.15, 0.2) is 18.2 Å². The van der Waals surface area contributed by atoms with Gasteiger partial charge in [0.25, 0.3) is 0 Å². The van der Waals surface area contributed by atoms with Gasteiger partial charge in [-0.1, -0.05) is 53.0 Å². The Balaban J connectivity index is 2.98. The minimum Gasteiger partial charge on any atom is -0.468 e. The predicted molar refractivity (Wildman–Crippen MR) is 154 cm³/mol. The highest BCUT2D eigenvalue weighted by atomic mass is 16.8. The van der Waals surface area contributed by atoms with E-state index in [1.807, 2.05) is 27.7 Å². The molecule has 0 bridgehead atoms. The molecule has 0 aliphatic heterocycles. The molecule has 0 aliphatic rings. The maximum Gasteiger partial charge on any atom is 0.514 e. The number of carbonyl (C=O) groups excluding carboxylic acids is 4. The minimum atomic E-state index is -0.967. The molecule has 0 radical (unpaired) electrons. The summed E-state index contributed by atoms with van der Waals surface area (Å²) < 4.78 is 36.3. The second-order valence-corrected chi connectivity index (χ2v) is 10.1. The number of methoxy groups -OCH3 is 1. The van der Waals surface area contributed by atoms with E-state index < -0.39 is 30.5 Å². The van der Waals surface area contributed by atoms with E-state index in [2.05, 4.69) is 5.32 Å². The number of hydrogen-bond donors (Lipinski definition) is 1. The first-order valence-corrected chi connectivity index (χ1v) is 14.5. The average molecular weight is 598 g/mol. The van der Waals surface area contributed by atoms with Crippen molar-refractivity contribution in [3.8, 4) is 11.5 Å². The number of carbonyl (C=O) groups is 4. The number of rotatable bonds is 18. The summed E-state index contributed by atoms with van der Waals surface area (Å²) in [5.41, 5.74) is 0.552. The van der Waals surface area contributed by atoms with Crippen LogP contribution in [0.3, 0.4) is 0 Å². The van der Waals surface area contributed by atoms with Gasteiger partial charge in [0.1, 0.15) is 24.9 Å². The molecule has 1 aromatic carbocycles. The molecule has 0 aromatic heterocycles. The molecule has 12 heteroatoms. The Morgan fingerprint density at radius 3 is 1.95 bits per heavy atom. The van der Waals surface area contributed by atoms with Gasteiger partial charge >= 0.3 is 24.4 Å². The van der Waals surface area contributed by atoms with Gasteiger partial charge in [-0.2, -0.15) is 0 Å². The van der Waals surface area contributed by atoms with Gasteiger partial charge in [0.2, 0.25) is 0 Å². The highest BCUT2D eigenvalue weighted by Crippen LogP contribution is 2.30. The number of esters is 1. The van der Waals surface area contributed by atoms with Gasteiger partial charge in [-0.05, 0) is 56.7 Å². The third-order valence-electron chi connectivity index (χ3n) is 6.20. The van der Waals surface area contributed by atoms with Crippen molar-refractivity contribution in [3.05, 3.63) is 23.8 Å². The molecule has 0 heterocycles. The first-order valence-electron chi connectivity index (χ1n) is 14.5. The van der Waals surface area contributed by atoms with Crippen molar-refractivity contribution in [1.29, 1.82) is 0 Å². The Hall–Kier alpha value is -3.54. The number of ether oxygens (including phenoxy) is 7. The Bertz CT molecular complexity index is 984. The number of nitrogens with one attached hydrogen (secondary N) is 1. The van der Waals surface area contributed by atoms with Crippen LogP contribution in [0.1, 0.15) is 79.2 Å². The van der Waals surface area contributed by atoms with E-state index in [4.69, 9.17) is 33.2 Å². The van der Waals surface area contributed by atoms with Crippen LogP contribution in [0.25, 0.3) is 0 Å². The van der Waals surface area contributed by atoms with E-state index in [9.17, 15) is 19.2 Å². The lowest BCUT2D eigenvalue weighted by Crippen LogP contribution is -2.41. The molecule has 42 heavy (non-hydrogen) atoms. The summed E-state index contributed by atoms with van der Waals surface area (Å²) in [7, 11) is 1.25. The zero-order valence-electron chi connectivity index (χ0n) is 25.9. The molecule has 3 unspecified atom stereocenters. The highest BCUT2D eigenvalue weighted by Gasteiger charge is 2.23. The van der Waals surface area contributed by atoms with E-state index in [0.29, 0.717) is 18.4 Å². The van der Waals surface area contributed by atoms with E-state index in [-0.39, 0.29) is 55.8 Å². The van der Waals surface area contributed by atoms with Crippen LogP contribution in [0.5, 0.6) is 11.5 Å². The molecule has 0 amide bonds. The van der Waals surface area contributed by atoms with Crippen LogP contribution in [0, 0.1) is 5.92 Å². The average Bonchev–Trinajstić information content (AvgIpc) is 2.94. The zero-order chi connectivity index (χ0) is 31.5. The molecule has 0 aliphatic carbocycles. The summed E-state index contributed by atoms with van der Waals surface area (Å²) >= 11 is 0. The van der Waals surface area contributed by atoms with Crippen LogP contribution < -0.4 is 14.8 Å². The van der Waals surface area contributed by atoms with Crippen molar-refractivity contribution >= 4 is 24.4 Å². The lowest BCUT2D eigenvalue weighted by atomic mass is 10.1. The van der Waals surface area contributed by atoms with Crippen molar-refractivity contribution in [3.63, 3.8) is 0 Å². The molecule has 0 saturated carbocycles. The molecule has 238 valence electrons. The van der Waals surface area contributed by atoms with E-state index in [1.54, 1.807) is 19.9 Å². The minimum absolute atomic E-state index is 0.0334. The fourth-order valence-corrected chi connectivity index (χ4v) is 3.68. The maximum atomic E-state index is 12.5. The quantitative estimate of drug-likeness (QED) is 0.0921. The van der Waals surface area contributed by atoms with Gasteiger partial charge in [-0.25, -0.2) is 14.4 Å². The van der Waals surface area contributed by atoms with Crippen LogP contribution in [-0.2, 0) is 34.9 Å². The summed E-state index contributed by atoms with van der Waals surface area (Å²) in [5.74, 6) is -0.475. The van der Waals surface area contributed by atoms with Gasteiger partial charge in [-0.3, -0.25) is 4.79 Å². The first-order chi connectivity index (χ1) is 20.0. The largest absolute Gasteiger partial charge is 0.514 e. The Morgan fingerprint density at radius 2 is 1.40 bits per heavy atom. The normalized spacial score (nSPS) is 13.6. The van der Waals surface area contributed by atoms with Crippen molar-refractivity contribution in [2.24, 2.45) is 5.92 Å². The summed E-state index contributed by atoms with van der Waals surface area (Å²) in [6, 6.07) is 3.68. The molecule has 0 saturated heterocycles. The van der Waals surface area contributed by atoms with Crippen LogP contribution in [0.2, 0.25) is 0 Å². The van der Waals surface area contributed by atoms with Gasteiger partial charge in [0, 0.05) is 6.54 Å². The molecular formula is C30H47NO11. The Labute approximate surface area is 248 Å². The molecule has 1 N–H and O–H groups in total. The lowest BCUT2D eigenvalue weighted by molar-refractivity contribution is -0.143. The molecular weight excluding hydrogens is 550 g/mol. The van der Waals surface area contributed by atoms with Crippen molar-refractivity contribution in [2.75, 3.05) is 26.9 Å². The van der Waals surface area contributed by atoms with E-state index >= 15 is 0 Å². The first kappa shape index (κ1) is 36.5. The summed E-state index contributed by atoms with van der Waals surface area (Å²) in [5, 5.41) is 2.99. The zero-order valence-corrected chi connectivity index (χ0v) is 25.9. The second kappa shape index (κ2) is 20.4. The summed E-state index contributed by atoms with van der Waals surface area (Å²) in [4.78, 5) is 49.0. The standard InChI is InChI=1S/C30H47NO11/c1-8-11-21(5)39-29(34)41-25-14-13-23(18-26(25)42-30(35)40-22(6)12-9-2)17-24(27(32)36-7)31-15-16-37-28(33)38-19-20(4)10-3/h13-14,18,20-22,24,31H,8-12,15-17,19H2,1-7H3/t20?,21?,22?,24-/m0/s1. The molecule has 0 fully saturated rings. The van der Waals surface area contributed by atoms with E-state index in [1.165, 1.54) is 19.2 Å². The molecule has 1 rings (SSSR count). The smallest absolute Gasteiger partial charge is 0.468 e. The van der Waals surface area contributed by atoms with Gasteiger partial charge in [0.15, 0.2) is 11.5 Å². The summed E-state index contributed by atoms with van der Waals surface area (Å²) in [6.45, 7) is 11.7. The van der Waals surface area contributed by atoms with Gasteiger partial charge in [-0.15, -0.1) is 0 Å². The van der Waals surface area contributed by atoms with E-state index in [0.717, 1.165) is 19.3 Å². The fourth-order valence-electron chi connectivity index (χ4n) is 3.68. The summed E-state index contributed by atoms with van der Waals surface area (Å²) in [6.07, 6.45) is 0.487. The predicted octanol–water partition coefficient (Wildman–Crippen LogP) is 5.97. The van der Waals surface area contributed by atoms with Crippen LogP contribution >= 0.6 is 0 Å². The van der Waals surface area contributed by atoms with Crippen LogP contribution in [0.4, 0.5) is 14.4 Å². The lowest BCUT2D eigenvalue weighted by Gasteiger charge is -2.18. The van der Waals surface area contributed by atoms with Crippen molar-refractivity contribution < 1.29 is 52.3 Å². The molecule has 0 spiro atoms. The second-order valence-electron chi connectivity index (χ2n) is 10.1. The maximum absolute atomic E-state index is 12.5. The molecule has 4 atom stereocenters. The van der Waals surface area contributed by atoms with Crippen molar-refractivity contribution in [1.82, 2.24) is 5.32 Å². The van der Waals surface area contributed by atoms with Gasteiger partial charge in [0.05, 0.1) is 13.7 Å². The number of benzene rings is 1. The number of hydrogen-bond acceptors (Lipinski definition) is 12. The topological polar surface area (TPSA) is 145 Å².